The molecule has 65 valence electrons. The summed E-state index contributed by atoms with van der Waals surface area (Å²) >= 11 is 0. The summed E-state index contributed by atoms with van der Waals surface area (Å²) in [6, 6.07) is 0. The molecule has 0 saturated heterocycles. The zero-order valence-corrected chi connectivity index (χ0v) is 9.87. The second kappa shape index (κ2) is 4.09. The van der Waals surface area contributed by atoms with E-state index in [0.29, 0.717) is 10.3 Å². The van der Waals surface area contributed by atoms with Crippen LogP contribution in [-0.2, 0) is 16.8 Å². The van der Waals surface area contributed by atoms with Gasteiger partial charge in [0.1, 0.15) is 0 Å². The molecule has 0 spiro atoms. The quantitative estimate of drug-likeness (QED) is 0.532. The van der Waals surface area contributed by atoms with Crippen LogP contribution in [0.3, 0.4) is 0 Å². The van der Waals surface area contributed by atoms with Crippen LogP contribution >= 0.6 is 8.58 Å². The minimum Gasteiger partial charge on any atom is -0.111 e. The second-order valence-electron chi connectivity index (χ2n) is 4.62. The van der Waals surface area contributed by atoms with Gasteiger partial charge in [0.2, 0.25) is 0 Å². The Bertz CT molecular complexity index is 74.4. The van der Waals surface area contributed by atoms with Crippen molar-refractivity contribution >= 4 is 8.58 Å². The molecule has 0 aromatic heterocycles. The van der Waals surface area contributed by atoms with Crippen LogP contribution in [0.1, 0.15) is 41.5 Å². The molecule has 0 amide bonds. The molecule has 0 aromatic carbocycles. The molecular weight excluding hydrogens is 186 g/mol. The Hall–Kier alpha value is 0.936. The summed E-state index contributed by atoms with van der Waals surface area (Å²) < 4.78 is 0. The smallest absolute Gasteiger partial charge is 0 e. The van der Waals surface area contributed by atoms with Crippen molar-refractivity contribution in [2.45, 2.75) is 51.9 Å². The Morgan fingerprint density at radius 1 is 0.700 bits per heavy atom. The molecule has 0 unspecified atom stereocenters. The maximum absolute atomic E-state index is 2.30. The summed E-state index contributed by atoms with van der Waals surface area (Å²) in [4.78, 5) is 0. The van der Waals surface area contributed by atoms with E-state index in [-0.39, 0.29) is 16.8 Å². The van der Waals surface area contributed by atoms with Crippen molar-refractivity contribution in [2.24, 2.45) is 0 Å². The molecule has 0 fully saturated rings. The van der Waals surface area contributed by atoms with Gasteiger partial charge >= 0.3 is 0 Å². The van der Waals surface area contributed by atoms with Gasteiger partial charge in [-0.2, -0.15) is 0 Å². The van der Waals surface area contributed by atoms with E-state index in [1.54, 1.807) is 0 Å². The van der Waals surface area contributed by atoms with Crippen LogP contribution in [0, 0.1) is 0 Å². The van der Waals surface area contributed by atoms with Gasteiger partial charge in [-0.25, -0.2) is 0 Å². The molecule has 0 rings (SSSR count). The Kier molecular flexibility index (Phi) is 5.52. The number of rotatable bonds is 0. The van der Waals surface area contributed by atoms with E-state index >= 15 is 0 Å². The molecular formula is C8H19CoP. The molecule has 1 radical (unpaired) electrons. The second-order valence-corrected chi connectivity index (χ2v) is 7.88. The van der Waals surface area contributed by atoms with Crippen molar-refractivity contribution in [3.05, 3.63) is 0 Å². The predicted molar refractivity (Wildman–Crippen MR) is 47.8 cm³/mol. The Morgan fingerprint density at radius 3 is 0.900 bits per heavy atom. The first-order valence-corrected chi connectivity index (χ1v) is 4.50. The van der Waals surface area contributed by atoms with Gasteiger partial charge < -0.3 is 0 Å². The fourth-order valence-electron chi connectivity index (χ4n) is 1.12. The van der Waals surface area contributed by atoms with Crippen LogP contribution in [0.2, 0.25) is 0 Å². The summed E-state index contributed by atoms with van der Waals surface area (Å²) in [7, 11) is 1.05. The van der Waals surface area contributed by atoms with Crippen molar-refractivity contribution in [2.75, 3.05) is 0 Å². The molecule has 0 aliphatic heterocycles. The fraction of sp³-hybridized carbons (Fsp3) is 1.00. The first-order valence-electron chi connectivity index (χ1n) is 3.50. The number of hydrogen-bond donors (Lipinski definition) is 0. The normalized spacial score (nSPS) is 12.6. The van der Waals surface area contributed by atoms with Gasteiger partial charge in [0.25, 0.3) is 0 Å². The van der Waals surface area contributed by atoms with Crippen molar-refractivity contribution in [1.82, 2.24) is 0 Å². The molecule has 0 heterocycles. The van der Waals surface area contributed by atoms with E-state index in [2.05, 4.69) is 41.5 Å². The zero-order chi connectivity index (χ0) is 7.71. The summed E-state index contributed by atoms with van der Waals surface area (Å²) in [5.74, 6) is 0. The van der Waals surface area contributed by atoms with Crippen molar-refractivity contribution in [3.63, 3.8) is 0 Å². The topological polar surface area (TPSA) is 0 Å². The van der Waals surface area contributed by atoms with E-state index in [1.807, 2.05) is 0 Å². The van der Waals surface area contributed by atoms with Gasteiger partial charge in [0.15, 0.2) is 0 Å². The fourth-order valence-corrected chi connectivity index (χ4v) is 3.38. The first kappa shape index (κ1) is 13.5. The van der Waals surface area contributed by atoms with Crippen LogP contribution in [0.15, 0.2) is 0 Å². The van der Waals surface area contributed by atoms with E-state index < -0.39 is 0 Å². The van der Waals surface area contributed by atoms with Crippen LogP contribution in [0.5, 0.6) is 0 Å². The molecule has 0 aromatic rings. The first-order chi connectivity index (χ1) is 3.71. The minimum atomic E-state index is 0. The van der Waals surface area contributed by atoms with Gasteiger partial charge in [-0.1, -0.05) is 41.5 Å². The van der Waals surface area contributed by atoms with Gasteiger partial charge in [-0.3, -0.25) is 0 Å². The van der Waals surface area contributed by atoms with Gasteiger partial charge in [0.05, 0.1) is 0 Å². The monoisotopic (exact) mass is 205 g/mol. The molecule has 0 nitrogen and oxygen atoms in total. The Labute approximate surface area is 77.5 Å². The third kappa shape index (κ3) is 11.7. The third-order valence-electron chi connectivity index (χ3n) is 0.750. The van der Waals surface area contributed by atoms with E-state index in [0.717, 1.165) is 8.58 Å². The molecule has 0 N–H and O–H groups in total. The van der Waals surface area contributed by atoms with E-state index in [9.17, 15) is 0 Å². The molecule has 0 aliphatic carbocycles. The average Bonchev–Trinajstić information content (AvgIpc) is 1.14. The SMILES string of the molecule is CC(C)(C)PC(C)(C)C.[Co]. The van der Waals surface area contributed by atoms with Crippen molar-refractivity contribution in [3.8, 4) is 0 Å². The standard InChI is InChI=1S/C8H19P.Co/c1-7(2,3)9-8(4,5)6;/h9H,1-6H3;. The number of hydrogen-bond acceptors (Lipinski definition) is 0. The Balaban J connectivity index is 0. The van der Waals surface area contributed by atoms with Crippen LogP contribution in [0.25, 0.3) is 0 Å². The third-order valence-corrected chi connectivity index (χ3v) is 2.25. The molecule has 10 heavy (non-hydrogen) atoms. The molecule has 0 atom stereocenters. The predicted octanol–water partition coefficient (Wildman–Crippen LogP) is 3.26. The minimum absolute atomic E-state index is 0. The molecule has 0 aliphatic rings. The van der Waals surface area contributed by atoms with Gasteiger partial charge in [0, 0.05) is 16.8 Å². The van der Waals surface area contributed by atoms with E-state index in [1.165, 1.54) is 0 Å². The molecule has 0 saturated carbocycles. The van der Waals surface area contributed by atoms with Crippen molar-refractivity contribution < 1.29 is 16.8 Å². The average molecular weight is 205 g/mol. The maximum Gasteiger partial charge on any atom is 0 e. The Morgan fingerprint density at radius 2 is 0.900 bits per heavy atom. The van der Waals surface area contributed by atoms with Crippen molar-refractivity contribution in [1.29, 1.82) is 0 Å². The summed E-state index contributed by atoms with van der Waals surface area (Å²) in [5.41, 5.74) is 0. The van der Waals surface area contributed by atoms with Crippen LogP contribution in [-0.4, -0.2) is 10.3 Å². The van der Waals surface area contributed by atoms with E-state index in [4.69, 9.17) is 0 Å². The summed E-state index contributed by atoms with van der Waals surface area (Å²) in [5, 5.41) is 1.02. The summed E-state index contributed by atoms with van der Waals surface area (Å²) in [6.07, 6.45) is 0. The van der Waals surface area contributed by atoms with Crippen LogP contribution in [0.4, 0.5) is 0 Å². The van der Waals surface area contributed by atoms with Crippen LogP contribution < -0.4 is 0 Å². The van der Waals surface area contributed by atoms with Gasteiger partial charge in [-0.05, 0) is 10.3 Å². The molecule has 2 heteroatoms. The summed E-state index contributed by atoms with van der Waals surface area (Å²) in [6.45, 7) is 13.8. The van der Waals surface area contributed by atoms with Gasteiger partial charge in [-0.15, -0.1) is 8.58 Å². The zero-order valence-electron chi connectivity index (χ0n) is 7.83. The largest absolute Gasteiger partial charge is 0.111 e. The molecule has 0 bridgehead atoms. The maximum atomic E-state index is 2.30.